The highest BCUT2D eigenvalue weighted by atomic mass is 35.5. The fraction of sp³-hybridized carbons (Fsp3) is 0.675. The number of aryl methyl sites for hydroxylation is 1. The number of Topliss-reactive ketones (excluding diaryl/α,β-unsaturated/α-hetero) is 1. The normalized spacial score (nSPS) is 23.9. The molecule has 57 heavy (non-hydrogen) atoms. The van der Waals surface area contributed by atoms with Crippen LogP contribution in [0.25, 0.3) is 10.9 Å². The number of carbonyl (C=O) groups is 4. The monoisotopic (exact) mass is 843 g/mol. The summed E-state index contributed by atoms with van der Waals surface area (Å²) < 4.78 is 84.6. The predicted octanol–water partition coefficient (Wildman–Crippen LogP) is 7.43. The molecule has 1 saturated heterocycles. The van der Waals surface area contributed by atoms with Crippen molar-refractivity contribution in [2.24, 2.45) is 22.7 Å². The molecule has 2 aromatic rings. The van der Waals surface area contributed by atoms with Gasteiger partial charge in [-0.1, -0.05) is 51.8 Å². The fourth-order valence-corrected chi connectivity index (χ4v) is 8.92. The van der Waals surface area contributed by atoms with Crippen molar-refractivity contribution in [3.05, 3.63) is 35.0 Å². The lowest BCUT2D eigenvalue weighted by Crippen LogP contribution is -2.49. The van der Waals surface area contributed by atoms with E-state index in [0.717, 1.165) is 0 Å². The van der Waals surface area contributed by atoms with Crippen LogP contribution in [0.4, 0.5) is 13.2 Å². The van der Waals surface area contributed by atoms with Crippen LogP contribution in [0.5, 0.6) is 5.75 Å². The number of rotatable bonds is 15. The maximum absolute atomic E-state index is 14.7. The Bertz CT molecular complexity index is 2010. The molecule has 0 radical (unpaired) electrons. The molecule has 1 aromatic heterocycles. The van der Waals surface area contributed by atoms with Crippen molar-refractivity contribution in [3.8, 4) is 5.75 Å². The second kappa shape index (κ2) is 15.9. The topological polar surface area (TPSA) is 158 Å². The van der Waals surface area contributed by atoms with Gasteiger partial charge in [0, 0.05) is 36.4 Å². The number of aromatic nitrogens is 1. The van der Waals surface area contributed by atoms with Crippen LogP contribution in [-0.2, 0) is 44.8 Å². The lowest BCUT2D eigenvalue weighted by molar-refractivity contribution is -0.161. The van der Waals surface area contributed by atoms with Gasteiger partial charge in [0.15, 0.2) is 5.78 Å². The molecule has 1 aliphatic heterocycles. The van der Waals surface area contributed by atoms with E-state index in [1.54, 1.807) is 66.7 Å². The minimum Gasteiger partial charge on any atom is -0.488 e. The summed E-state index contributed by atoms with van der Waals surface area (Å²) in [6.07, 6.45) is -5.89. The van der Waals surface area contributed by atoms with E-state index in [1.165, 1.54) is 11.0 Å². The molecule has 3 fully saturated rings. The molecule has 3 aliphatic rings. The lowest BCUT2D eigenvalue weighted by Gasteiger charge is -2.35. The van der Waals surface area contributed by atoms with E-state index in [0.29, 0.717) is 24.6 Å². The van der Waals surface area contributed by atoms with Crippen LogP contribution in [0.15, 0.2) is 24.3 Å². The minimum atomic E-state index is -4.48. The van der Waals surface area contributed by atoms with Gasteiger partial charge in [-0.3, -0.25) is 24.2 Å². The molecule has 2 amide bonds. The van der Waals surface area contributed by atoms with Crippen LogP contribution in [0.3, 0.4) is 0 Å². The summed E-state index contributed by atoms with van der Waals surface area (Å²) in [4.78, 5) is 61.7. The molecule has 5 rings (SSSR count). The van der Waals surface area contributed by atoms with Crippen molar-refractivity contribution in [2.75, 3.05) is 6.54 Å². The number of nitrogens with one attached hydrogen (secondary N) is 1. The number of alkyl halides is 3. The van der Waals surface area contributed by atoms with Crippen LogP contribution in [0.2, 0.25) is 5.02 Å². The maximum Gasteiger partial charge on any atom is 0.389 e. The number of nitrogens with zero attached hydrogens (tertiary/aromatic N) is 2. The zero-order chi connectivity index (χ0) is 42.5. The molecule has 0 spiro atoms. The van der Waals surface area contributed by atoms with E-state index in [2.05, 4.69) is 4.98 Å². The van der Waals surface area contributed by atoms with Gasteiger partial charge in [-0.15, -0.1) is 0 Å². The van der Waals surface area contributed by atoms with E-state index in [1.807, 2.05) is 11.6 Å². The van der Waals surface area contributed by atoms with Crippen LogP contribution in [0, 0.1) is 22.7 Å². The number of esters is 1. The van der Waals surface area contributed by atoms with E-state index in [-0.39, 0.29) is 60.1 Å². The number of hydrogen-bond acceptors (Lipinski definition) is 10. The molecule has 5 atom stereocenters. The largest absolute Gasteiger partial charge is 0.488 e. The molecular formula is C40H53ClF3N3O9S. The fourth-order valence-electron chi connectivity index (χ4n) is 7.53. The number of hydrogen-bond donors (Lipinski definition) is 1. The lowest BCUT2D eigenvalue weighted by atomic mass is 9.77. The first-order valence-corrected chi connectivity index (χ1v) is 21.1. The number of ether oxygens (including phenoxy) is 2. The molecule has 1 N–H and O–H groups in total. The number of fused-ring (bicyclic) bond motifs is 1. The number of amides is 2. The Morgan fingerprint density at radius 1 is 1.09 bits per heavy atom. The van der Waals surface area contributed by atoms with Crippen molar-refractivity contribution in [3.63, 3.8) is 0 Å². The summed E-state index contributed by atoms with van der Waals surface area (Å²) in [5.74, 6) is -3.62. The van der Waals surface area contributed by atoms with Crippen molar-refractivity contribution in [1.29, 1.82) is 0 Å². The molecule has 2 heterocycles. The molecule has 2 aliphatic carbocycles. The number of halogens is 4. The Morgan fingerprint density at radius 2 is 1.75 bits per heavy atom. The van der Waals surface area contributed by atoms with E-state index < -0.39 is 93.0 Å². The molecule has 0 bridgehead atoms. The van der Waals surface area contributed by atoms with Gasteiger partial charge in [0.25, 0.3) is 0 Å². The van der Waals surface area contributed by atoms with E-state index >= 15 is 0 Å². The van der Waals surface area contributed by atoms with E-state index in [4.69, 9.17) is 25.3 Å². The highest BCUT2D eigenvalue weighted by molar-refractivity contribution is 7.85. The molecular weight excluding hydrogens is 791 g/mol. The van der Waals surface area contributed by atoms with Gasteiger partial charge in [0.2, 0.25) is 11.8 Å². The molecule has 12 nitrogen and oxygen atoms in total. The average molecular weight is 844 g/mol. The first-order valence-electron chi connectivity index (χ1n) is 19.3. The summed E-state index contributed by atoms with van der Waals surface area (Å²) in [6.45, 7) is 13.8. The Balaban J connectivity index is 1.48. The third-order valence-corrected chi connectivity index (χ3v) is 12.3. The second-order valence-electron chi connectivity index (χ2n) is 18.1. The van der Waals surface area contributed by atoms with Gasteiger partial charge in [0.1, 0.15) is 17.5 Å². The minimum absolute atomic E-state index is 0.0651. The van der Waals surface area contributed by atoms with Gasteiger partial charge < -0.3 is 14.4 Å². The van der Waals surface area contributed by atoms with Gasteiger partial charge in [-0.2, -0.15) is 21.6 Å². The van der Waals surface area contributed by atoms with Crippen LogP contribution in [0.1, 0.15) is 112 Å². The van der Waals surface area contributed by atoms with Crippen molar-refractivity contribution < 1.29 is 54.4 Å². The van der Waals surface area contributed by atoms with Crippen LogP contribution in [-0.4, -0.2) is 77.9 Å². The van der Waals surface area contributed by atoms with Crippen LogP contribution < -0.4 is 9.46 Å². The highest BCUT2D eigenvalue weighted by Crippen LogP contribution is 2.58. The van der Waals surface area contributed by atoms with Crippen molar-refractivity contribution in [1.82, 2.24) is 14.6 Å². The van der Waals surface area contributed by atoms with Crippen molar-refractivity contribution >= 4 is 56.4 Å². The summed E-state index contributed by atoms with van der Waals surface area (Å²) >= 11 is 6.43. The molecule has 0 unspecified atom stereocenters. The Hall–Kier alpha value is -3.50. The zero-order valence-corrected chi connectivity index (χ0v) is 35.3. The predicted molar refractivity (Wildman–Crippen MR) is 205 cm³/mol. The Morgan fingerprint density at radius 3 is 2.32 bits per heavy atom. The smallest absolute Gasteiger partial charge is 0.389 e. The number of likely N-dealkylation sites (tertiary alicyclic amines) is 1. The third kappa shape index (κ3) is 11.2. The maximum atomic E-state index is 14.7. The SMILES string of the molecule is CC[C@@H]1C[C@]1(CC(=O)[C@@H]1C[C@@H](Oc2cc(CCC(F)(F)F)nc3c(Cl)cccc23)CN1C(=O)[C@@H](CC(=O)OC(C)(C)C)C(C)(C)C)C(=O)NS(=O)(=O)OC1(C)CC1. The third-order valence-electron chi connectivity index (χ3n) is 11.0. The highest BCUT2D eigenvalue weighted by Gasteiger charge is 2.62. The molecule has 2 saturated carbocycles. The molecule has 17 heteroatoms. The standard InChI is InChI=1S/C40H53ClF3N3O9S/c1-9-23-20-39(23,35(51)46-57(52,53)56-38(8)15-16-38)21-30(48)29-18-25(22-47(29)34(50)27(36(2,3)4)19-32(49)55-37(5,6)7)54-31-17-24(13-14-40(42,43)44)45-33-26(31)11-10-12-28(33)41/h10-12,17,23,25,27,29H,9,13-16,18-22H2,1-8H3,(H,46,51)/t23-,25-,27-,29+,39-/m1/s1. The molecule has 1 aromatic carbocycles. The van der Waals surface area contributed by atoms with Gasteiger partial charge >= 0.3 is 22.4 Å². The van der Waals surface area contributed by atoms with Gasteiger partial charge in [0.05, 0.1) is 46.5 Å². The first-order chi connectivity index (χ1) is 26.1. The zero-order valence-electron chi connectivity index (χ0n) is 33.7. The van der Waals surface area contributed by atoms with E-state index in [9.17, 15) is 40.8 Å². The first kappa shape index (κ1) is 44.6. The Kier molecular flexibility index (Phi) is 12.5. The number of benzene rings is 1. The van der Waals surface area contributed by atoms with Crippen molar-refractivity contribution in [2.45, 2.75) is 143 Å². The summed E-state index contributed by atoms with van der Waals surface area (Å²) in [7, 11) is -4.48. The molecule has 316 valence electrons. The van der Waals surface area contributed by atoms with Gasteiger partial charge in [-0.25, -0.2) is 8.91 Å². The van der Waals surface area contributed by atoms with Crippen LogP contribution >= 0.6 is 11.6 Å². The average Bonchev–Trinajstić information content (AvgIpc) is 3.93. The summed E-state index contributed by atoms with van der Waals surface area (Å²) in [5.41, 5.74) is -3.58. The number of para-hydroxylation sites is 1. The number of pyridine rings is 1. The second-order valence-corrected chi connectivity index (χ2v) is 19.8. The summed E-state index contributed by atoms with van der Waals surface area (Å²) in [6, 6.07) is 5.07. The number of carbonyl (C=O) groups excluding carboxylic acids is 4. The number of ketones is 1. The summed E-state index contributed by atoms with van der Waals surface area (Å²) in [5, 5.41) is 0.598. The van der Waals surface area contributed by atoms with Gasteiger partial charge in [-0.05, 0) is 76.8 Å². The quantitative estimate of drug-likeness (QED) is 0.179. The Labute approximate surface area is 337 Å².